The molecular formula is C22H22F2N6OS. The Morgan fingerprint density at radius 2 is 2.03 bits per heavy atom. The van der Waals surface area contributed by atoms with E-state index in [1.807, 2.05) is 6.07 Å². The summed E-state index contributed by atoms with van der Waals surface area (Å²) >= 11 is 1.13. The minimum absolute atomic E-state index is 0.0292. The van der Waals surface area contributed by atoms with Crippen LogP contribution in [0.5, 0.6) is 0 Å². The maximum absolute atomic E-state index is 14.8. The normalized spacial score (nSPS) is 23.3. The number of nitrogens with two attached hydrogens (primary N) is 1. The lowest BCUT2D eigenvalue weighted by Gasteiger charge is -2.41. The van der Waals surface area contributed by atoms with Gasteiger partial charge < -0.3 is 10.6 Å². The van der Waals surface area contributed by atoms with Crippen molar-refractivity contribution in [2.45, 2.75) is 30.6 Å². The van der Waals surface area contributed by atoms with Crippen molar-refractivity contribution in [3.63, 3.8) is 0 Å². The van der Waals surface area contributed by atoms with Gasteiger partial charge in [-0.15, -0.1) is 0 Å². The number of nitriles is 1. The SMILES string of the molecule is CN(C)C(=O)[C@@]1(C)C[C@@](C)(c2cc(/C=C(\F)c3ccc(C#N)cn3)cnc2F)N=C(N)S1. The van der Waals surface area contributed by atoms with E-state index in [9.17, 15) is 13.6 Å². The summed E-state index contributed by atoms with van der Waals surface area (Å²) in [7, 11) is 3.28. The smallest absolute Gasteiger partial charge is 0.238 e. The third-order valence-corrected chi connectivity index (χ3v) is 6.17. The minimum atomic E-state index is -1.18. The first-order chi connectivity index (χ1) is 15.0. The Balaban J connectivity index is 2.01. The van der Waals surface area contributed by atoms with Crippen molar-refractivity contribution in [2.75, 3.05) is 14.1 Å². The van der Waals surface area contributed by atoms with E-state index in [-0.39, 0.29) is 28.8 Å². The molecule has 0 saturated heterocycles. The maximum atomic E-state index is 14.8. The summed E-state index contributed by atoms with van der Waals surface area (Å²) in [4.78, 5) is 26.4. The van der Waals surface area contributed by atoms with Crippen LogP contribution < -0.4 is 5.73 Å². The number of amides is 1. The highest BCUT2D eigenvalue weighted by Gasteiger charge is 2.48. The molecule has 2 N–H and O–H groups in total. The Bertz CT molecular complexity index is 1160. The fourth-order valence-electron chi connectivity index (χ4n) is 3.72. The summed E-state index contributed by atoms with van der Waals surface area (Å²) in [6.45, 7) is 3.41. The van der Waals surface area contributed by atoms with Gasteiger partial charge in [-0.05, 0) is 43.7 Å². The van der Waals surface area contributed by atoms with E-state index in [1.54, 1.807) is 27.9 Å². The van der Waals surface area contributed by atoms with Crippen molar-refractivity contribution >= 4 is 34.7 Å². The number of nitrogens with zero attached hydrogens (tertiary/aromatic N) is 5. The Labute approximate surface area is 189 Å². The molecule has 3 heterocycles. The van der Waals surface area contributed by atoms with Crippen molar-refractivity contribution in [1.82, 2.24) is 14.9 Å². The number of pyridine rings is 2. The molecule has 2 aromatic rings. The molecule has 1 amide bonds. The van der Waals surface area contributed by atoms with Crippen LogP contribution in [0.4, 0.5) is 8.78 Å². The van der Waals surface area contributed by atoms with Crippen molar-refractivity contribution in [2.24, 2.45) is 10.7 Å². The average molecular weight is 457 g/mol. The quantitative estimate of drug-likeness (QED) is 0.706. The first kappa shape index (κ1) is 23.3. The summed E-state index contributed by atoms with van der Waals surface area (Å²) < 4.78 is 28.5. The molecule has 0 radical (unpaired) electrons. The first-order valence-electron chi connectivity index (χ1n) is 9.63. The summed E-state index contributed by atoms with van der Waals surface area (Å²) in [6.07, 6.45) is 3.80. The summed E-state index contributed by atoms with van der Waals surface area (Å²) in [5.74, 6) is -1.62. The van der Waals surface area contributed by atoms with Crippen molar-refractivity contribution < 1.29 is 13.6 Å². The number of aromatic nitrogens is 2. The summed E-state index contributed by atoms with van der Waals surface area (Å²) in [5, 5.41) is 9.00. The van der Waals surface area contributed by atoms with Gasteiger partial charge in [0.1, 0.15) is 16.6 Å². The van der Waals surface area contributed by atoms with Crippen LogP contribution in [0, 0.1) is 17.3 Å². The molecule has 3 rings (SSSR count). The van der Waals surface area contributed by atoms with E-state index < -0.39 is 22.1 Å². The topological polar surface area (TPSA) is 108 Å². The third-order valence-electron chi connectivity index (χ3n) is 5.10. The highest BCUT2D eigenvalue weighted by molar-refractivity contribution is 8.15. The number of hydrogen-bond donors (Lipinski definition) is 1. The molecule has 2 atom stereocenters. The number of amidine groups is 1. The highest BCUT2D eigenvalue weighted by atomic mass is 32.2. The second kappa shape index (κ2) is 8.67. The number of carbonyl (C=O) groups excluding carboxylic acids is 1. The van der Waals surface area contributed by atoms with Crippen molar-refractivity contribution in [3.05, 3.63) is 58.9 Å². The maximum Gasteiger partial charge on any atom is 0.238 e. The zero-order chi connectivity index (χ0) is 23.7. The van der Waals surface area contributed by atoms with Crippen LogP contribution in [0.15, 0.2) is 35.6 Å². The molecule has 0 fully saturated rings. The molecule has 7 nitrogen and oxygen atoms in total. The lowest BCUT2D eigenvalue weighted by molar-refractivity contribution is -0.131. The number of rotatable bonds is 4. The number of halogens is 2. The monoisotopic (exact) mass is 456 g/mol. The van der Waals surface area contributed by atoms with Gasteiger partial charge in [-0.25, -0.2) is 9.37 Å². The van der Waals surface area contributed by atoms with Crippen LogP contribution in [0.25, 0.3) is 11.9 Å². The lowest BCUT2D eigenvalue weighted by atomic mass is 9.82. The molecule has 0 spiro atoms. The van der Waals surface area contributed by atoms with Gasteiger partial charge in [-0.2, -0.15) is 9.65 Å². The molecule has 0 saturated carbocycles. The minimum Gasteiger partial charge on any atom is -0.378 e. The predicted octanol–water partition coefficient (Wildman–Crippen LogP) is 3.47. The average Bonchev–Trinajstić information content (AvgIpc) is 2.73. The molecule has 0 bridgehead atoms. The summed E-state index contributed by atoms with van der Waals surface area (Å²) in [5.41, 5.74) is 5.58. The number of hydrogen-bond acceptors (Lipinski definition) is 7. The van der Waals surface area contributed by atoms with E-state index in [4.69, 9.17) is 11.0 Å². The molecule has 0 unspecified atom stereocenters. The fourth-order valence-corrected chi connectivity index (χ4v) is 5.05. The van der Waals surface area contributed by atoms with Gasteiger partial charge in [-0.1, -0.05) is 11.8 Å². The van der Waals surface area contributed by atoms with Gasteiger partial charge in [0.2, 0.25) is 11.9 Å². The number of carbonyl (C=O) groups is 1. The van der Waals surface area contributed by atoms with E-state index in [2.05, 4.69) is 15.0 Å². The molecule has 32 heavy (non-hydrogen) atoms. The van der Waals surface area contributed by atoms with Gasteiger partial charge in [0.25, 0.3) is 0 Å². The Morgan fingerprint density at radius 1 is 1.31 bits per heavy atom. The van der Waals surface area contributed by atoms with Gasteiger partial charge in [0, 0.05) is 38.5 Å². The van der Waals surface area contributed by atoms with E-state index >= 15 is 0 Å². The fraction of sp³-hybridized carbons (Fsp3) is 0.318. The second-order valence-electron chi connectivity index (χ2n) is 8.08. The van der Waals surface area contributed by atoms with Gasteiger partial charge in [-0.3, -0.25) is 14.8 Å². The molecule has 166 valence electrons. The summed E-state index contributed by atoms with van der Waals surface area (Å²) in [6, 6.07) is 6.19. The molecule has 0 aliphatic carbocycles. The number of aliphatic imine (C=N–C) groups is 1. The third kappa shape index (κ3) is 4.62. The Hall–Kier alpha value is -3.32. The largest absolute Gasteiger partial charge is 0.378 e. The van der Waals surface area contributed by atoms with E-state index in [1.165, 1.54) is 41.6 Å². The zero-order valence-electron chi connectivity index (χ0n) is 18.1. The zero-order valence-corrected chi connectivity index (χ0v) is 18.9. The van der Waals surface area contributed by atoms with E-state index in [0.717, 1.165) is 11.8 Å². The Morgan fingerprint density at radius 3 is 2.62 bits per heavy atom. The van der Waals surface area contributed by atoms with E-state index in [0.29, 0.717) is 11.1 Å². The van der Waals surface area contributed by atoms with Gasteiger partial charge in [0.05, 0.1) is 16.8 Å². The van der Waals surface area contributed by atoms with Crippen LogP contribution in [-0.4, -0.2) is 44.8 Å². The van der Waals surface area contributed by atoms with Crippen molar-refractivity contribution in [1.29, 1.82) is 5.26 Å². The Kier molecular flexibility index (Phi) is 6.32. The van der Waals surface area contributed by atoms with Gasteiger partial charge >= 0.3 is 0 Å². The molecular weight excluding hydrogens is 434 g/mol. The molecule has 1 aliphatic heterocycles. The first-order valence-corrected chi connectivity index (χ1v) is 10.4. The van der Waals surface area contributed by atoms with Crippen LogP contribution in [0.1, 0.15) is 42.7 Å². The molecule has 1 aliphatic rings. The van der Waals surface area contributed by atoms with Crippen LogP contribution in [0.2, 0.25) is 0 Å². The number of thioether (sulfide) groups is 1. The van der Waals surface area contributed by atoms with Crippen LogP contribution >= 0.6 is 11.8 Å². The molecule has 2 aromatic heterocycles. The predicted molar refractivity (Wildman–Crippen MR) is 120 cm³/mol. The lowest BCUT2D eigenvalue weighted by Crippen LogP contribution is -2.49. The highest BCUT2D eigenvalue weighted by Crippen LogP contribution is 2.46. The second-order valence-corrected chi connectivity index (χ2v) is 9.60. The van der Waals surface area contributed by atoms with Crippen LogP contribution in [-0.2, 0) is 10.3 Å². The molecule has 0 aromatic carbocycles. The van der Waals surface area contributed by atoms with Gasteiger partial charge in [0.15, 0.2) is 5.17 Å². The molecule has 10 heteroatoms. The standard InChI is InChI=1S/C22H22F2N6OS/c1-21(12-22(2,19(31)30(3)4)32-20(26)29-21)15-7-14(11-28-18(15)24)8-16(23)17-6-5-13(9-25)10-27-17/h5-8,10-11H,12H2,1-4H3,(H2,26,29)/b16-8-/t21-,22+/m0/s1. The van der Waals surface area contributed by atoms with Crippen LogP contribution in [0.3, 0.4) is 0 Å². The van der Waals surface area contributed by atoms with Crippen molar-refractivity contribution in [3.8, 4) is 6.07 Å².